The van der Waals surface area contributed by atoms with Crippen LogP contribution in [-0.4, -0.2) is 10.8 Å². The molecule has 0 spiro atoms. The van der Waals surface area contributed by atoms with Crippen LogP contribution in [0.1, 0.15) is 21.5 Å². The van der Waals surface area contributed by atoms with E-state index >= 15 is 0 Å². The third-order valence-electron chi connectivity index (χ3n) is 3.27. The zero-order chi connectivity index (χ0) is 13.4. The van der Waals surface area contributed by atoms with Crippen LogP contribution in [0.25, 0.3) is 10.9 Å². The van der Waals surface area contributed by atoms with Crippen molar-refractivity contribution in [1.82, 2.24) is 4.98 Å². The average Bonchev–Trinajstić information content (AvgIpc) is 2.82. The molecule has 1 aromatic heterocycles. The summed E-state index contributed by atoms with van der Waals surface area (Å²) in [5.74, 6) is -0.414. The fourth-order valence-electron chi connectivity index (χ4n) is 2.29. The van der Waals surface area contributed by atoms with E-state index in [1.807, 2.05) is 24.3 Å². The van der Waals surface area contributed by atoms with Gasteiger partial charge in [-0.2, -0.15) is 0 Å². The number of ketones is 1. The quantitative estimate of drug-likeness (QED) is 0.691. The van der Waals surface area contributed by atoms with E-state index < -0.39 is 0 Å². The van der Waals surface area contributed by atoms with Gasteiger partial charge < -0.3 is 4.98 Å². The molecule has 19 heavy (non-hydrogen) atoms. The molecule has 0 radical (unpaired) electrons. The molecule has 94 valence electrons. The van der Waals surface area contributed by atoms with E-state index in [0.717, 1.165) is 10.9 Å². The summed E-state index contributed by atoms with van der Waals surface area (Å²) in [6.07, 6.45) is 1.70. The number of hydrogen-bond acceptors (Lipinski definition) is 1. The molecule has 2 aromatic carbocycles. The number of hydrogen-bond donors (Lipinski definition) is 1. The minimum atomic E-state index is -0.326. The van der Waals surface area contributed by atoms with Gasteiger partial charge in [0.2, 0.25) is 0 Å². The second kappa shape index (κ2) is 4.35. The predicted molar refractivity (Wildman–Crippen MR) is 72.9 cm³/mol. The van der Waals surface area contributed by atoms with Gasteiger partial charge in [0.15, 0.2) is 5.78 Å². The van der Waals surface area contributed by atoms with Crippen LogP contribution in [0.4, 0.5) is 4.39 Å². The van der Waals surface area contributed by atoms with E-state index in [0.29, 0.717) is 16.7 Å². The first kappa shape index (κ1) is 11.7. The summed E-state index contributed by atoms with van der Waals surface area (Å²) in [5, 5.41) is 0.885. The molecule has 0 unspecified atom stereocenters. The Morgan fingerprint density at radius 1 is 1.11 bits per heavy atom. The Morgan fingerprint density at radius 3 is 2.68 bits per heavy atom. The molecular formula is C16H12FNO. The Hall–Kier alpha value is -2.42. The van der Waals surface area contributed by atoms with Crippen molar-refractivity contribution >= 4 is 16.7 Å². The maximum absolute atomic E-state index is 13.1. The van der Waals surface area contributed by atoms with Crippen LogP contribution in [0, 0.1) is 12.7 Å². The van der Waals surface area contributed by atoms with Crippen molar-refractivity contribution in [2.45, 2.75) is 6.92 Å². The summed E-state index contributed by atoms with van der Waals surface area (Å²) in [6, 6.07) is 11.9. The van der Waals surface area contributed by atoms with Gasteiger partial charge in [-0.25, -0.2) is 4.39 Å². The van der Waals surface area contributed by atoms with Crippen molar-refractivity contribution < 1.29 is 9.18 Å². The highest BCUT2D eigenvalue weighted by atomic mass is 19.1. The van der Waals surface area contributed by atoms with Crippen molar-refractivity contribution in [1.29, 1.82) is 0 Å². The molecule has 3 aromatic rings. The summed E-state index contributed by atoms with van der Waals surface area (Å²) in [5.41, 5.74) is 2.72. The van der Waals surface area contributed by atoms with Gasteiger partial charge in [-0.15, -0.1) is 0 Å². The molecule has 0 aliphatic rings. The highest BCUT2D eigenvalue weighted by molar-refractivity contribution is 6.16. The number of carbonyl (C=O) groups excluding carboxylic acids is 1. The first-order valence-electron chi connectivity index (χ1n) is 6.04. The second-order valence-electron chi connectivity index (χ2n) is 4.54. The normalized spacial score (nSPS) is 10.8. The molecule has 1 N–H and O–H groups in total. The number of fused-ring (bicyclic) bond motifs is 1. The monoisotopic (exact) mass is 253 g/mol. The summed E-state index contributed by atoms with van der Waals surface area (Å²) >= 11 is 0. The highest BCUT2D eigenvalue weighted by Gasteiger charge is 2.15. The Balaban J connectivity index is 2.13. The third kappa shape index (κ3) is 1.93. The van der Waals surface area contributed by atoms with Gasteiger partial charge in [0.1, 0.15) is 5.82 Å². The number of benzene rings is 2. The molecule has 0 atom stereocenters. The summed E-state index contributed by atoms with van der Waals surface area (Å²) in [6.45, 7) is 1.74. The van der Waals surface area contributed by atoms with Crippen LogP contribution in [0.5, 0.6) is 0 Å². The average molecular weight is 253 g/mol. The van der Waals surface area contributed by atoms with Crippen molar-refractivity contribution in [3.63, 3.8) is 0 Å². The van der Waals surface area contributed by atoms with Gasteiger partial charge in [-0.3, -0.25) is 4.79 Å². The Morgan fingerprint density at radius 2 is 1.89 bits per heavy atom. The number of para-hydroxylation sites is 1. The van der Waals surface area contributed by atoms with Gasteiger partial charge in [-0.05, 0) is 36.8 Å². The molecular weight excluding hydrogens is 241 g/mol. The molecule has 0 saturated heterocycles. The maximum atomic E-state index is 13.1. The summed E-state index contributed by atoms with van der Waals surface area (Å²) in [7, 11) is 0. The number of aromatic nitrogens is 1. The van der Waals surface area contributed by atoms with Crippen molar-refractivity contribution in [3.8, 4) is 0 Å². The first-order valence-corrected chi connectivity index (χ1v) is 6.04. The van der Waals surface area contributed by atoms with Gasteiger partial charge in [0, 0.05) is 28.2 Å². The van der Waals surface area contributed by atoms with Crippen LogP contribution in [0.3, 0.4) is 0 Å². The zero-order valence-corrected chi connectivity index (χ0v) is 10.4. The van der Waals surface area contributed by atoms with Crippen molar-refractivity contribution in [3.05, 3.63) is 71.2 Å². The molecule has 2 nitrogen and oxygen atoms in total. The largest absolute Gasteiger partial charge is 0.360 e. The molecule has 0 bridgehead atoms. The Kier molecular flexibility index (Phi) is 2.67. The number of rotatable bonds is 2. The van der Waals surface area contributed by atoms with E-state index in [1.165, 1.54) is 18.2 Å². The van der Waals surface area contributed by atoms with Crippen molar-refractivity contribution in [2.75, 3.05) is 0 Å². The van der Waals surface area contributed by atoms with E-state index in [1.54, 1.807) is 13.1 Å². The lowest BCUT2D eigenvalue weighted by Crippen LogP contribution is -2.03. The summed E-state index contributed by atoms with van der Waals surface area (Å²) in [4.78, 5) is 15.6. The first-order chi connectivity index (χ1) is 9.16. The lowest BCUT2D eigenvalue weighted by Gasteiger charge is -2.04. The summed E-state index contributed by atoms with van der Waals surface area (Å²) < 4.78 is 13.1. The highest BCUT2D eigenvalue weighted by Crippen LogP contribution is 2.22. The molecule has 0 aliphatic carbocycles. The standard InChI is InChI=1S/C16H12FNO/c1-10-8-11(17)6-7-12(10)16(19)14-9-18-15-5-3-2-4-13(14)15/h2-9,18H,1H3. The number of aryl methyl sites for hydroxylation is 1. The zero-order valence-electron chi connectivity index (χ0n) is 10.4. The number of nitrogens with one attached hydrogen (secondary N) is 1. The number of carbonyl (C=O) groups is 1. The van der Waals surface area contributed by atoms with Crippen LogP contribution in [0.2, 0.25) is 0 Å². The topological polar surface area (TPSA) is 32.9 Å². The van der Waals surface area contributed by atoms with Crippen LogP contribution < -0.4 is 0 Å². The van der Waals surface area contributed by atoms with E-state index in [2.05, 4.69) is 4.98 Å². The predicted octanol–water partition coefficient (Wildman–Crippen LogP) is 3.85. The van der Waals surface area contributed by atoms with E-state index in [9.17, 15) is 9.18 Å². The molecule has 0 saturated carbocycles. The molecule has 3 rings (SSSR count). The lowest BCUT2D eigenvalue weighted by atomic mass is 9.99. The fourth-order valence-corrected chi connectivity index (χ4v) is 2.29. The maximum Gasteiger partial charge on any atom is 0.195 e. The smallest absolute Gasteiger partial charge is 0.195 e. The SMILES string of the molecule is Cc1cc(F)ccc1C(=O)c1c[nH]c2ccccc12. The van der Waals surface area contributed by atoms with Crippen molar-refractivity contribution in [2.24, 2.45) is 0 Å². The number of aromatic amines is 1. The molecule has 0 amide bonds. The van der Waals surface area contributed by atoms with E-state index in [-0.39, 0.29) is 11.6 Å². The van der Waals surface area contributed by atoms with Gasteiger partial charge >= 0.3 is 0 Å². The number of halogens is 1. The van der Waals surface area contributed by atoms with Crippen LogP contribution >= 0.6 is 0 Å². The fraction of sp³-hybridized carbons (Fsp3) is 0.0625. The van der Waals surface area contributed by atoms with Gasteiger partial charge in [-0.1, -0.05) is 18.2 Å². The molecule has 0 fully saturated rings. The molecule has 3 heteroatoms. The molecule has 1 heterocycles. The van der Waals surface area contributed by atoms with Crippen LogP contribution in [-0.2, 0) is 0 Å². The van der Waals surface area contributed by atoms with E-state index in [4.69, 9.17) is 0 Å². The third-order valence-corrected chi connectivity index (χ3v) is 3.27. The Labute approximate surface area is 109 Å². The van der Waals surface area contributed by atoms with Crippen LogP contribution in [0.15, 0.2) is 48.7 Å². The minimum absolute atomic E-state index is 0.0880. The van der Waals surface area contributed by atoms with Gasteiger partial charge in [0.25, 0.3) is 0 Å². The second-order valence-corrected chi connectivity index (χ2v) is 4.54. The van der Waals surface area contributed by atoms with Gasteiger partial charge in [0.05, 0.1) is 0 Å². The number of H-pyrrole nitrogens is 1. The molecule has 0 aliphatic heterocycles. The Bertz CT molecular complexity index is 773. The minimum Gasteiger partial charge on any atom is -0.360 e. The lowest BCUT2D eigenvalue weighted by molar-refractivity contribution is 0.103.